The Balaban J connectivity index is 1.28. The zero-order valence-electron chi connectivity index (χ0n) is 22.7. The van der Waals surface area contributed by atoms with E-state index >= 15 is 0 Å². The van der Waals surface area contributed by atoms with Gasteiger partial charge in [0.15, 0.2) is 5.13 Å². The van der Waals surface area contributed by atoms with E-state index in [-0.39, 0.29) is 25.5 Å². The number of carboxylic acid groups (broad SMARTS) is 1. The first kappa shape index (κ1) is 28.9. The molecule has 3 aromatic rings. The molecule has 0 spiro atoms. The number of para-hydroxylation sites is 1. The molecular weight excluding hydrogens is 555 g/mol. The fourth-order valence-electron chi connectivity index (χ4n) is 5.52. The van der Waals surface area contributed by atoms with Crippen molar-refractivity contribution in [2.75, 3.05) is 31.1 Å². The second kappa shape index (κ2) is 12.1. The van der Waals surface area contributed by atoms with E-state index in [0.29, 0.717) is 27.7 Å². The molecule has 11 heteroatoms. The molecule has 2 aliphatic heterocycles. The van der Waals surface area contributed by atoms with Gasteiger partial charge in [0.2, 0.25) is 0 Å². The number of carbonyl (C=O) groups excluding carboxylic acids is 1. The lowest BCUT2D eigenvalue weighted by atomic mass is 9.85. The number of anilines is 1. The zero-order chi connectivity index (χ0) is 29.1. The van der Waals surface area contributed by atoms with E-state index in [4.69, 9.17) is 4.74 Å². The third kappa shape index (κ3) is 6.50. The van der Waals surface area contributed by atoms with E-state index in [1.54, 1.807) is 5.38 Å². The van der Waals surface area contributed by atoms with Crippen LogP contribution in [0.25, 0.3) is 11.3 Å². The molecule has 2 fully saturated rings. The van der Waals surface area contributed by atoms with Crippen molar-refractivity contribution in [2.24, 2.45) is 11.8 Å². The molecule has 5 rings (SSSR count). The van der Waals surface area contributed by atoms with Crippen LogP contribution >= 0.6 is 11.3 Å². The van der Waals surface area contributed by atoms with E-state index in [1.807, 2.05) is 54.3 Å². The Morgan fingerprint density at radius 2 is 1.85 bits per heavy atom. The summed E-state index contributed by atoms with van der Waals surface area (Å²) in [4.78, 5) is 32.3. The van der Waals surface area contributed by atoms with Crippen molar-refractivity contribution in [1.82, 2.24) is 9.88 Å². The quantitative estimate of drug-likeness (QED) is 0.344. The molecule has 218 valence electrons. The van der Waals surface area contributed by atoms with E-state index in [9.17, 15) is 27.9 Å². The summed E-state index contributed by atoms with van der Waals surface area (Å²) < 4.78 is 47.0. The van der Waals surface area contributed by atoms with Crippen LogP contribution in [0.2, 0.25) is 0 Å². The number of nitrogens with zero attached hydrogens (tertiary/aromatic N) is 3. The van der Waals surface area contributed by atoms with Gasteiger partial charge in [0.05, 0.1) is 17.5 Å². The van der Waals surface area contributed by atoms with Gasteiger partial charge in [-0.25, -0.2) is 4.98 Å². The van der Waals surface area contributed by atoms with Gasteiger partial charge in [-0.15, -0.1) is 11.3 Å². The standard InChI is InChI=1S/C30H32F3N3O4S/c1-19-15-20(27(37)35-12-5-2-6-13-35)9-10-21(19)17-40-26-8-4-3-7-23(26)25-18-41-29(34-25)36-14-11-22(28(38)39)24(16-36)30(31,32)33/h3-4,7-10,15,18,22,24H,2,5-6,11-14,16-17H2,1H3,(H,38,39). The number of alkyl halides is 3. The van der Waals surface area contributed by atoms with Crippen LogP contribution in [0.5, 0.6) is 5.75 Å². The third-order valence-electron chi connectivity index (χ3n) is 7.89. The van der Waals surface area contributed by atoms with Crippen molar-refractivity contribution in [2.45, 2.75) is 45.4 Å². The van der Waals surface area contributed by atoms with Crippen molar-refractivity contribution < 1.29 is 32.6 Å². The van der Waals surface area contributed by atoms with Crippen molar-refractivity contribution >= 4 is 28.3 Å². The first-order valence-electron chi connectivity index (χ1n) is 13.7. The Morgan fingerprint density at radius 1 is 1.10 bits per heavy atom. The number of carboxylic acids is 1. The number of amides is 1. The number of halogens is 3. The first-order valence-corrected chi connectivity index (χ1v) is 14.6. The van der Waals surface area contributed by atoms with Gasteiger partial charge in [-0.1, -0.05) is 18.2 Å². The monoisotopic (exact) mass is 587 g/mol. The minimum absolute atomic E-state index is 0.0543. The molecule has 2 unspecified atom stereocenters. The predicted molar refractivity (Wildman–Crippen MR) is 150 cm³/mol. The minimum atomic E-state index is -4.61. The van der Waals surface area contributed by atoms with Gasteiger partial charge in [-0.3, -0.25) is 9.59 Å². The Morgan fingerprint density at radius 3 is 2.56 bits per heavy atom. The summed E-state index contributed by atoms with van der Waals surface area (Å²) in [5, 5.41) is 11.5. The number of likely N-dealkylation sites (tertiary alicyclic amines) is 1. The number of aliphatic carboxylic acids is 1. The van der Waals surface area contributed by atoms with Crippen molar-refractivity contribution in [1.29, 1.82) is 0 Å². The summed E-state index contributed by atoms with van der Waals surface area (Å²) in [5.74, 6) is -4.20. The van der Waals surface area contributed by atoms with Crippen LogP contribution in [0.4, 0.5) is 18.3 Å². The first-order chi connectivity index (χ1) is 19.6. The van der Waals surface area contributed by atoms with Crippen LogP contribution in [-0.2, 0) is 11.4 Å². The molecule has 2 aromatic carbocycles. The van der Waals surface area contributed by atoms with Crippen LogP contribution in [0.3, 0.4) is 0 Å². The Labute approximate surface area is 240 Å². The highest BCUT2D eigenvalue weighted by molar-refractivity contribution is 7.14. The summed E-state index contributed by atoms with van der Waals surface area (Å²) in [5.41, 5.74) is 3.84. The lowest BCUT2D eigenvalue weighted by Gasteiger charge is -2.37. The molecule has 0 bridgehead atoms. The molecule has 2 atom stereocenters. The summed E-state index contributed by atoms with van der Waals surface area (Å²) in [6.45, 7) is 3.55. The van der Waals surface area contributed by atoms with Gasteiger partial charge in [-0.05, 0) is 68.0 Å². The lowest BCUT2D eigenvalue weighted by Crippen LogP contribution is -2.49. The van der Waals surface area contributed by atoms with Crippen LogP contribution in [0, 0.1) is 18.8 Å². The molecule has 0 radical (unpaired) electrons. The van der Waals surface area contributed by atoms with Crippen molar-refractivity contribution in [3.63, 3.8) is 0 Å². The number of rotatable bonds is 7. The number of piperidine rings is 2. The van der Waals surface area contributed by atoms with Crippen LogP contribution in [0.15, 0.2) is 47.8 Å². The number of ether oxygens (including phenoxy) is 1. The molecule has 1 amide bonds. The molecule has 7 nitrogen and oxygen atoms in total. The number of thiazole rings is 1. The van der Waals surface area contributed by atoms with Gasteiger partial charge < -0.3 is 19.6 Å². The molecule has 1 aromatic heterocycles. The van der Waals surface area contributed by atoms with E-state index in [0.717, 1.165) is 43.5 Å². The molecule has 0 aliphatic carbocycles. The molecule has 3 heterocycles. The van der Waals surface area contributed by atoms with Crippen LogP contribution < -0.4 is 9.64 Å². The number of carbonyl (C=O) groups is 2. The van der Waals surface area contributed by atoms with Crippen LogP contribution in [0.1, 0.15) is 47.2 Å². The fraction of sp³-hybridized carbons (Fsp3) is 0.433. The number of aryl methyl sites for hydroxylation is 1. The maximum Gasteiger partial charge on any atom is 0.394 e. The SMILES string of the molecule is Cc1cc(C(=O)N2CCCCC2)ccc1COc1ccccc1-c1csc(N2CCC(C(=O)O)C(C(F)(F)F)C2)n1. The largest absolute Gasteiger partial charge is 0.488 e. The summed E-state index contributed by atoms with van der Waals surface area (Å²) >= 11 is 1.22. The smallest absolute Gasteiger partial charge is 0.394 e. The average molecular weight is 588 g/mol. The van der Waals surface area contributed by atoms with Gasteiger partial charge in [0.25, 0.3) is 5.91 Å². The Kier molecular flexibility index (Phi) is 8.53. The zero-order valence-corrected chi connectivity index (χ0v) is 23.5. The maximum absolute atomic E-state index is 13.6. The fourth-order valence-corrected chi connectivity index (χ4v) is 6.38. The molecular formula is C30H32F3N3O4S. The third-order valence-corrected chi connectivity index (χ3v) is 8.79. The van der Waals surface area contributed by atoms with E-state index < -0.39 is 30.5 Å². The molecule has 1 N–H and O–H groups in total. The molecule has 2 aliphatic rings. The molecule has 0 saturated carbocycles. The topological polar surface area (TPSA) is 83.0 Å². The Hall–Kier alpha value is -3.60. The highest BCUT2D eigenvalue weighted by atomic mass is 32.1. The van der Waals surface area contributed by atoms with Crippen molar-refractivity contribution in [3.05, 3.63) is 64.5 Å². The lowest BCUT2D eigenvalue weighted by molar-refractivity contribution is -0.197. The summed E-state index contributed by atoms with van der Waals surface area (Å²) in [6, 6.07) is 13.0. The van der Waals surface area contributed by atoms with Crippen LogP contribution in [-0.4, -0.2) is 59.2 Å². The van der Waals surface area contributed by atoms with Gasteiger partial charge in [0, 0.05) is 42.7 Å². The highest BCUT2D eigenvalue weighted by Gasteiger charge is 2.50. The van der Waals surface area contributed by atoms with E-state index in [1.165, 1.54) is 16.2 Å². The molecule has 2 saturated heterocycles. The normalized spacial score (nSPS) is 19.7. The number of hydrogen-bond acceptors (Lipinski definition) is 6. The molecule has 41 heavy (non-hydrogen) atoms. The number of benzene rings is 2. The second-order valence-corrected chi connectivity index (χ2v) is 11.5. The van der Waals surface area contributed by atoms with Gasteiger partial charge in [-0.2, -0.15) is 13.2 Å². The maximum atomic E-state index is 13.6. The van der Waals surface area contributed by atoms with Crippen molar-refractivity contribution in [3.8, 4) is 17.0 Å². The van der Waals surface area contributed by atoms with Gasteiger partial charge in [0.1, 0.15) is 12.4 Å². The average Bonchev–Trinajstić information content (AvgIpc) is 3.46. The second-order valence-electron chi connectivity index (χ2n) is 10.6. The van der Waals surface area contributed by atoms with E-state index in [2.05, 4.69) is 4.98 Å². The predicted octanol–water partition coefficient (Wildman–Crippen LogP) is 6.41. The summed E-state index contributed by atoms with van der Waals surface area (Å²) in [6.07, 6.45) is -1.48. The number of hydrogen-bond donors (Lipinski definition) is 1. The summed E-state index contributed by atoms with van der Waals surface area (Å²) in [7, 11) is 0. The van der Waals surface area contributed by atoms with Gasteiger partial charge >= 0.3 is 12.1 Å². The number of aromatic nitrogens is 1. The Bertz CT molecular complexity index is 1400. The minimum Gasteiger partial charge on any atom is -0.488 e. The highest BCUT2D eigenvalue weighted by Crippen LogP contribution is 2.40.